The summed E-state index contributed by atoms with van der Waals surface area (Å²) in [5.41, 5.74) is 1.51. The van der Waals surface area contributed by atoms with Crippen LogP contribution in [0.3, 0.4) is 0 Å². The Hall–Kier alpha value is -1.65. The van der Waals surface area contributed by atoms with Crippen molar-refractivity contribution in [3.8, 4) is 0 Å². The molecule has 1 aromatic heterocycles. The fourth-order valence-corrected chi connectivity index (χ4v) is 2.61. The van der Waals surface area contributed by atoms with Gasteiger partial charge in [-0.25, -0.2) is 4.98 Å². The topological polar surface area (TPSA) is 34.9 Å². The van der Waals surface area contributed by atoms with Crippen LogP contribution in [0.5, 0.6) is 0 Å². The Labute approximate surface area is 129 Å². The number of nitrogens with zero attached hydrogens (tertiary/aromatic N) is 2. The molecule has 0 N–H and O–H groups in total. The van der Waals surface area contributed by atoms with E-state index in [1.807, 2.05) is 36.4 Å². The molecule has 5 heteroatoms. The van der Waals surface area contributed by atoms with Crippen LogP contribution in [0.15, 0.2) is 58.1 Å². The number of rotatable bonds is 2. The Morgan fingerprint density at radius 3 is 2.80 bits per heavy atom. The molecule has 0 aliphatic rings. The van der Waals surface area contributed by atoms with Gasteiger partial charge < -0.3 is 0 Å². The van der Waals surface area contributed by atoms with Crippen molar-refractivity contribution in [2.75, 3.05) is 0 Å². The zero-order valence-electron chi connectivity index (χ0n) is 10.4. The molecule has 0 fully saturated rings. The molecule has 2 aromatic carbocycles. The number of benzene rings is 2. The van der Waals surface area contributed by atoms with Crippen molar-refractivity contribution in [3.63, 3.8) is 0 Å². The summed E-state index contributed by atoms with van der Waals surface area (Å²) in [6.07, 6.45) is 1.56. The third-order valence-corrected chi connectivity index (χ3v) is 3.95. The Morgan fingerprint density at radius 1 is 1.20 bits per heavy atom. The van der Waals surface area contributed by atoms with Gasteiger partial charge in [-0.15, -0.1) is 0 Å². The highest BCUT2D eigenvalue weighted by molar-refractivity contribution is 9.10. The van der Waals surface area contributed by atoms with Gasteiger partial charge in [-0.1, -0.05) is 45.7 Å². The molecule has 3 rings (SSSR count). The Balaban J connectivity index is 2.11. The molecule has 1 heterocycles. The minimum Gasteiger partial charge on any atom is -0.294 e. The minimum atomic E-state index is -0.0729. The van der Waals surface area contributed by atoms with Crippen LogP contribution in [0, 0.1) is 0 Å². The first kappa shape index (κ1) is 13.3. The summed E-state index contributed by atoms with van der Waals surface area (Å²) in [4.78, 5) is 16.8. The minimum absolute atomic E-state index is 0.0729. The second-order valence-corrected chi connectivity index (χ2v) is 5.75. The van der Waals surface area contributed by atoms with Gasteiger partial charge in [-0.05, 0) is 29.8 Å². The fourth-order valence-electron chi connectivity index (χ4n) is 2.05. The van der Waals surface area contributed by atoms with Gasteiger partial charge in [0.05, 0.1) is 23.8 Å². The van der Waals surface area contributed by atoms with E-state index in [4.69, 9.17) is 11.6 Å². The standard InChI is InChI=1S/C15H10BrClN2O/c16-11-5-6-14-12(7-11)15(20)19(9-18-14)8-10-3-1-2-4-13(10)17/h1-7,9H,8H2. The summed E-state index contributed by atoms with van der Waals surface area (Å²) >= 11 is 9.50. The molecule has 0 saturated heterocycles. The number of aromatic nitrogens is 2. The molecule has 0 unspecified atom stereocenters. The molecule has 20 heavy (non-hydrogen) atoms. The molecule has 0 radical (unpaired) electrons. The number of hydrogen-bond donors (Lipinski definition) is 0. The summed E-state index contributed by atoms with van der Waals surface area (Å²) in [5.74, 6) is 0. The third kappa shape index (κ3) is 2.49. The van der Waals surface area contributed by atoms with Gasteiger partial charge in [0.1, 0.15) is 0 Å². The highest BCUT2D eigenvalue weighted by atomic mass is 79.9. The van der Waals surface area contributed by atoms with E-state index in [-0.39, 0.29) is 5.56 Å². The SMILES string of the molecule is O=c1c2cc(Br)ccc2ncn1Cc1ccccc1Cl. The van der Waals surface area contributed by atoms with Gasteiger partial charge in [0.15, 0.2) is 0 Å². The van der Waals surface area contributed by atoms with Crippen LogP contribution in [0.1, 0.15) is 5.56 Å². The van der Waals surface area contributed by atoms with Crippen LogP contribution >= 0.6 is 27.5 Å². The van der Waals surface area contributed by atoms with E-state index in [0.29, 0.717) is 22.5 Å². The van der Waals surface area contributed by atoms with E-state index in [2.05, 4.69) is 20.9 Å². The van der Waals surface area contributed by atoms with Crippen molar-refractivity contribution < 1.29 is 0 Å². The average Bonchev–Trinajstić information content (AvgIpc) is 2.45. The molecule has 0 saturated carbocycles. The van der Waals surface area contributed by atoms with E-state index < -0.39 is 0 Å². The van der Waals surface area contributed by atoms with Crippen LogP contribution in [-0.4, -0.2) is 9.55 Å². The monoisotopic (exact) mass is 348 g/mol. The predicted molar refractivity (Wildman–Crippen MR) is 84.3 cm³/mol. The van der Waals surface area contributed by atoms with E-state index in [9.17, 15) is 4.79 Å². The van der Waals surface area contributed by atoms with Crippen molar-refractivity contribution in [2.24, 2.45) is 0 Å². The highest BCUT2D eigenvalue weighted by Crippen LogP contribution is 2.17. The van der Waals surface area contributed by atoms with Crippen molar-refractivity contribution in [2.45, 2.75) is 6.54 Å². The van der Waals surface area contributed by atoms with Gasteiger partial charge in [0.25, 0.3) is 5.56 Å². The maximum atomic E-state index is 12.5. The molecule has 0 bridgehead atoms. The van der Waals surface area contributed by atoms with E-state index in [1.54, 1.807) is 17.0 Å². The zero-order valence-corrected chi connectivity index (χ0v) is 12.7. The molecular weight excluding hydrogens is 340 g/mol. The lowest BCUT2D eigenvalue weighted by atomic mass is 10.2. The lowest BCUT2D eigenvalue weighted by molar-refractivity contribution is 0.748. The van der Waals surface area contributed by atoms with E-state index in [0.717, 1.165) is 10.0 Å². The Bertz CT molecular complexity index is 845. The maximum absolute atomic E-state index is 12.5. The lowest BCUT2D eigenvalue weighted by Gasteiger charge is -2.08. The molecule has 0 atom stereocenters. The van der Waals surface area contributed by atoms with Crippen molar-refractivity contribution in [1.82, 2.24) is 9.55 Å². The average molecular weight is 350 g/mol. The van der Waals surface area contributed by atoms with Crippen LogP contribution < -0.4 is 5.56 Å². The predicted octanol–water partition coefficient (Wildman–Crippen LogP) is 3.86. The number of halogens is 2. The smallest absolute Gasteiger partial charge is 0.261 e. The van der Waals surface area contributed by atoms with Crippen LogP contribution in [0.2, 0.25) is 5.02 Å². The first-order valence-electron chi connectivity index (χ1n) is 6.03. The fraction of sp³-hybridized carbons (Fsp3) is 0.0667. The summed E-state index contributed by atoms with van der Waals surface area (Å²) in [7, 11) is 0. The molecule has 3 aromatic rings. The van der Waals surface area contributed by atoms with Crippen LogP contribution in [-0.2, 0) is 6.54 Å². The summed E-state index contributed by atoms with van der Waals surface area (Å²) < 4.78 is 2.43. The first-order valence-corrected chi connectivity index (χ1v) is 7.20. The molecule has 100 valence electrons. The number of hydrogen-bond acceptors (Lipinski definition) is 2. The first-order chi connectivity index (χ1) is 9.65. The Morgan fingerprint density at radius 2 is 2.00 bits per heavy atom. The van der Waals surface area contributed by atoms with Gasteiger partial charge in [-0.3, -0.25) is 9.36 Å². The van der Waals surface area contributed by atoms with Gasteiger partial charge in [0, 0.05) is 9.50 Å². The van der Waals surface area contributed by atoms with Crippen molar-refractivity contribution in [3.05, 3.63) is 74.2 Å². The van der Waals surface area contributed by atoms with Crippen molar-refractivity contribution in [1.29, 1.82) is 0 Å². The summed E-state index contributed by atoms with van der Waals surface area (Å²) in [6.45, 7) is 0.411. The van der Waals surface area contributed by atoms with Crippen molar-refractivity contribution >= 4 is 38.4 Å². The van der Waals surface area contributed by atoms with E-state index >= 15 is 0 Å². The number of fused-ring (bicyclic) bond motifs is 1. The maximum Gasteiger partial charge on any atom is 0.261 e. The second-order valence-electron chi connectivity index (χ2n) is 4.43. The van der Waals surface area contributed by atoms with Gasteiger partial charge >= 0.3 is 0 Å². The second kappa shape index (κ2) is 5.38. The van der Waals surface area contributed by atoms with E-state index in [1.165, 1.54) is 0 Å². The molecule has 0 amide bonds. The third-order valence-electron chi connectivity index (χ3n) is 3.08. The largest absolute Gasteiger partial charge is 0.294 e. The summed E-state index contributed by atoms with van der Waals surface area (Å²) in [6, 6.07) is 13.0. The molecule has 0 aliphatic carbocycles. The van der Waals surface area contributed by atoms with Gasteiger partial charge in [0.2, 0.25) is 0 Å². The quantitative estimate of drug-likeness (QED) is 0.704. The molecule has 3 nitrogen and oxygen atoms in total. The zero-order chi connectivity index (χ0) is 14.1. The van der Waals surface area contributed by atoms with Gasteiger partial charge in [-0.2, -0.15) is 0 Å². The normalized spacial score (nSPS) is 10.9. The lowest BCUT2D eigenvalue weighted by Crippen LogP contribution is -2.21. The molecule has 0 aliphatic heterocycles. The molecule has 0 spiro atoms. The molecular formula is C15H10BrClN2O. The van der Waals surface area contributed by atoms with Crippen LogP contribution in [0.25, 0.3) is 10.9 Å². The summed E-state index contributed by atoms with van der Waals surface area (Å²) in [5, 5.41) is 1.24. The highest BCUT2D eigenvalue weighted by Gasteiger charge is 2.06. The van der Waals surface area contributed by atoms with Crippen LogP contribution in [0.4, 0.5) is 0 Å². The Kier molecular flexibility index (Phi) is 3.59.